The van der Waals surface area contributed by atoms with Crippen molar-refractivity contribution in [2.75, 3.05) is 0 Å². The summed E-state index contributed by atoms with van der Waals surface area (Å²) in [5.41, 5.74) is 4.84. The highest BCUT2D eigenvalue weighted by atomic mass is 32.2. The van der Waals surface area contributed by atoms with E-state index in [0.29, 0.717) is 0 Å². The number of thiazole rings is 1. The van der Waals surface area contributed by atoms with Crippen LogP contribution in [0.4, 0.5) is 0 Å². The first-order valence-corrected chi connectivity index (χ1v) is 10.1. The second-order valence-electron chi connectivity index (χ2n) is 6.00. The number of benzene rings is 1. The average molecular weight is 354 g/mol. The summed E-state index contributed by atoms with van der Waals surface area (Å²) in [6.07, 6.45) is 4.64. The number of nitrogens with zero attached hydrogens (tertiary/aromatic N) is 3. The molecule has 4 rings (SSSR count). The molecule has 3 aromatic rings. The SMILES string of the molecule is Cc1nc(CSc2nc(-c3ccccc3)nc3c2CCCC3)cs1. The first kappa shape index (κ1) is 15.8. The number of thioether (sulfide) groups is 1. The summed E-state index contributed by atoms with van der Waals surface area (Å²) < 4.78 is 0. The van der Waals surface area contributed by atoms with Gasteiger partial charge in [-0.1, -0.05) is 42.1 Å². The maximum absolute atomic E-state index is 4.91. The van der Waals surface area contributed by atoms with Crippen molar-refractivity contribution in [3.63, 3.8) is 0 Å². The predicted octanol–water partition coefficient (Wildman–Crippen LogP) is 5.08. The zero-order chi connectivity index (χ0) is 16.4. The van der Waals surface area contributed by atoms with E-state index in [1.54, 1.807) is 23.1 Å². The van der Waals surface area contributed by atoms with E-state index in [1.807, 2.05) is 18.2 Å². The topological polar surface area (TPSA) is 38.7 Å². The van der Waals surface area contributed by atoms with Gasteiger partial charge in [0.2, 0.25) is 0 Å². The Hall–Kier alpha value is -1.72. The molecule has 1 aliphatic carbocycles. The molecule has 0 radical (unpaired) electrons. The fourth-order valence-electron chi connectivity index (χ4n) is 3.01. The van der Waals surface area contributed by atoms with Crippen LogP contribution < -0.4 is 0 Å². The average Bonchev–Trinajstić information content (AvgIpc) is 3.05. The second-order valence-corrected chi connectivity index (χ2v) is 8.02. The highest BCUT2D eigenvalue weighted by Gasteiger charge is 2.19. The summed E-state index contributed by atoms with van der Waals surface area (Å²) in [4.78, 5) is 14.3. The third-order valence-electron chi connectivity index (χ3n) is 4.20. The Kier molecular flexibility index (Phi) is 4.63. The number of aromatic nitrogens is 3. The molecule has 0 saturated carbocycles. The Morgan fingerprint density at radius 3 is 2.67 bits per heavy atom. The Morgan fingerprint density at radius 1 is 1.04 bits per heavy atom. The highest BCUT2D eigenvalue weighted by Crippen LogP contribution is 2.32. The zero-order valence-electron chi connectivity index (χ0n) is 13.7. The van der Waals surface area contributed by atoms with Crippen LogP contribution in [0.25, 0.3) is 11.4 Å². The lowest BCUT2D eigenvalue weighted by Gasteiger charge is -2.18. The number of rotatable bonds is 4. The maximum Gasteiger partial charge on any atom is 0.160 e. The Morgan fingerprint density at radius 2 is 1.88 bits per heavy atom. The first-order chi connectivity index (χ1) is 11.8. The van der Waals surface area contributed by atoms with Gasteiger partial charge >= 0.3 is 0 Å². The maximum atomic E-state index is 4.91. The quantitative estimate of drug-likeness (QED) is 0.484. The normalized spacial score (nSPS) is 13.7. The lowest BCUT2D eigenvalue weighted by Crippen LogP contribution is -2.10. The van der Waals surface area contributed by atoms with Gasteiger partial charge in [0.25, 0.3) is 0 Å². The summed E-state index contributed by atoms with van der Waals surface area (Å²) >= 11 is 3.51. The third-order valence-corrected chi connectivity index (χ3v) is 6.07. The molecule has 24 heavy (non-hydrogen) atoms. The minimum Gasteiger partial charge on any atom is -0.246 e. The van der Waals surface area contributed by atoms with Gasteiger partial charge in [-0.05, 0) is 32.6 Å². The standard InChI is InChI=1S/C19H19N3S2/c1-13-20-15(11-23-13)12-24-19-16-9-5-6-10-17(16)21-18(22-19)14-7-3-2-4-8-14/h2-4,7-8,11H,5-6,9-10,12H2,1H3. The van der Waals surface area contributed by atoms with Gasteiger partial charge in [-0.3, -0.25) is 0 Å². The van der Waals surface area contributed by atoms with Gasteiger partial charge in [0.15, 0.2) is 5.82 Å². The van der Waals surface area contributed by atoms with Crippen LogP contribution in [0.1, 0.15) is 34.8 Å². The molecule has 1 aromatic carbocycles. The molecule has 0 unspecified atom stereocenters. The largest absolute Gasteiger partial charge is 0.246 e. The molecule has 0 N–H and O–H groups in total. The van der Waals surface area contributed by atoms with Crippen LogP contribution in [-0.2, 0) is 18.6 Å². The molecule has 2 heterocycles. The molecule has 0 atom stereocenters. The molecular weight excluding hydrogens is 334 g/mol. The van der Waals surface area contributed by atoms with E-state index >= 15 is 0 Å². The van der Waals surface area contributed by atoms with Crippen LogP contribution >= 0.6 is 23.1 Å². The second kappa shape index (κ2) is 7.03. The van der Waals surface area contributed by atoms with Gasteiger partial charge in [-0.15, -0.1) is 11.3 Å². The number of hydrogen-bond donors (Lipinski definition) is 0. The van der Waals surface area contributed by atoms with Crippen molar-refractivity contribution in [1.29, 1.82) is 0 Å². The minimum atomic E-state index is 0.855. The minimum absolute atomic E-state index is 0.855. The molecule has 0 amide bonds. The molecule has 0 spiro atoms. The van der Waals surface area contributed by atoms with Crippen molar-refractivity contribution < 1.29 is 0 Å². The highest BCUT2D eigenvalue weighted by molar-refractivity contribution is 7.98. The van der Waals surface area contributed by atoms with Crippen LogP contribution in [0.15, 0.2) is 40.7 Å². The van der Waals surface area contributed by atoms with Gasteiger partial charge < -0.3 is 0 Å². The van der Waals surface area contributed by atoms with Crippen molar-refractivity contribution in [2.24, 2.45) is 0 Å². The smallest absolute Gasteiger partial charge is 0.160 e. The monoisotopic (exact) mass is 353 g/mol. The molecule has 0 bridgehead atoms. The fraction of sp³-hybridized carbons (Fsp3) is 0.316. The van der Waals surface area contributed by atoms with E-state index in [-0.39, 0.29) is 0 Å². The van der Waals surface area contributed by atoms with Crippen LogP contribution in [0, 0.1) is 6.92 Å². The van der Waals surface area contributed by atoms with Crippen LogP contribution in [0.3, 0.4) is 0 Å². The fourth-order valence-corrected chi connectivity index (χ4v) is 4.71. The summed E-state index contributed by atoms with van der Waals surface area (Å²) in [6, 6.07) is 10.3. The Bertz CT molecular complexity index is 843. The van der Waals surface area contributed by atoms with Gasteiger partial charge in [-0.2, -0.15) is 0 Å². The summed E-state index contributed by atoms with van der Waals surface area (Å²) in [5, 5.41) is 4.41. The molecule has 0 aliphatic heterocycles. The molecule has 0 saturated heterocycles. The van der Waals surface area contributed by atoms with Crippen LogP contribution in [0.5, 0.6) is 0 Å². The first-order valence-electron chi connectivity index (χ1n) is 8.28. The summed E-state index contributed by atoms with van der Waals surface area (Å²) in [6.45, 7) is 2.05. The molecular formula is C19H19N3S2. The zero-order valence-corrected chi connectivity index (χ0v) is 15.3. The Balaban J connectivity index is 1.68. The van der Waals surface area contributed by atoms with Crippen molar-refractivity contribution in [1.82, 2.24) is 15.0 Å². The number of aryl methyl sites for hydroxylation is 2. The Labute approximate surface area is 150 Å². The predicted molar refractivity (Wildman–Crippen MR) is 101 cm³/mol. The van der Waals surface area contributed by atoms with Gasteiger partial charge in [0.05, 0.1) is 10.7 Å². The lowest BCUT2D eigenvalue weighted by atomic mass is 9.97. The van der Waals surface area contributed by atoms with Gasteiger partial charge in [0, 0.05) is 28.0 Å². The summed E-state index contributed by atoms with van der Waals surface area (Å²) in [7, 11) is 0. The molecule has 1 aliphatic rings. The van der Waals surface area contributed by atoms with E-state index < -0.39 is 0 Å². The number of hydrogen-bond acceptors (Lipinski definition) is 5. The van der Waals surface area contributed by atoms with Crippen molar-refractivity contribution in [2.45, 2.75) is 43.4 Å². The molecule has 3 nitrogen and oxygen atoms in total. The third kappa shape index (κ3) is 3.37. The molecule has 2 aromatic heterocycles. The summed E-state index contributed by atoms with van der Waals surface area (Å²) in [5.74, 6) is 1.73. The van der Waals surface area contributed by atoms with Crippen LogP contribution in [-0.4, -0.2) is 15.0 Å². The number of fused-ring (bicyclic) bond motifs is 1. The molecule has 0 fully saturated rings. The van der Waals surface area contributed by atoms with Crippen molar-refractivity contribution >= 4 is 23.1 Å². The van der Waals surface area contributed by atoms with Crippen LogP contribution in [0.2, 0.25) is 0 Å². The van der Waals surface area contributed by atoms with E-state index in [4.69, 9.17) is 9.97 Å². The molecule has 5 heteroatoms. The van der Waals surface area contributed by atoms with Crippen molar-refractivity contribution in [3.05, 3.63) is 57.7 Å². The van der Waals surface area contributed by atoms with E-state index in [9.17, 15) is 0 Å². The van der Waals surface area contributed by atoms with E-state index in [0.717, 1.165) is 45.7 Å². The van der Waals surface area contributed by atoms with E-state index in [2.05, 4.69) is 29.4 Å². The molecule has 122 valence electrons. The van der Waals surface area contributed by atoms with E-state index in [1.165, 1.54) is 24.1 Å². The lowest BCUT2D eigenvalue weighted by molar-refractivity contribution is 0.647. The van der Waals surface area contributed by atoms with Gasteiger partial charge in [-0.25, -0.2) is 15.0 Å². The van der Waals surface area contributed by atoms with Crippen molar-refractivity contribution in [3.8, 4) is 11.4 Å². The van der Waals surface area contributed by atoms with Gasteiger partial charge in [0.1, 0.15) is 5.03 Å².